The smallest absolute Gasteiger partial charge is 0.335 e. The molecule has 0 unspecified atom stereocenters. The molecule has 0 saturated heterocycles. The van der Waals surface area contributed by atoms with E-state index >= 15 is 0 Å². The number of aldehydes is 1. The molecule has 0 amide bonds. The van der Waals surface area contributed by atoms with Crippen LogP contribution in [-0.2, 0) is 0 Å². The number of nitrogens with two attached hydrogens (primary N) is 1. The van der Waals surface area contributed by atoms with Crippen LogP contribution in [0.5, 0.6) is 0 Å². The summed E-state index contributed by atoms with van der Waals surface area (Å²) in [7, 11) is 0. The highest BCUT2D eigenvalue weighted by Gasteiger charge is 2.06. The van der Waals surface area contributed by atoms with E-state index in [-0.39, 0.29) is 5.56 Å². The van der Waals surface area contributed by atoms with Crippen molar-refractivity contribution in [2.45, 2.75) is 38.1 Å². The molecule has 1 fully saturated rings. The van der Waals surface area contributed by atoms with Crippen LogP contribution in [0.25, 0.3) is 0 Å². The summed E-state index contributed by atoms with van der Waals surface area (Å²) in [4.78, 5) is 20.5. The molecule has 18 heavy (non-hydrogen) atoms. The van der Waals surface area contributed by atoms with Crippen molar-refractivity contribution >= 4 is 12.3 Å². The molecule has 0 radical (unpaired) electrons. The molecule has 4 heteroatoms. The lowest BCUT2D eigenvalue weighted by atomic mass is 9.97. The van der Waals surface area contributed by atoms with Crippen LogP contribution in [0.15, 0.2) is 24.3 Å². The van der Waals surface area contributed by atoms with Gasteiger partial charge in [0, 0.05) is 11.6 Å². The van der Waals surface area contributed by atoms with Gasteiger partial charge in [0.1, 0.15) is 6.29 Å². The Morgan fingerprint density at radius 1 is 1.17 bits per heavy atom. The van der Waals surface area contributed by atoms with Gasteiger partial charge in [-0.2, -0.15) is 0 Å². The standard InChI is InChI=1S/C8H6O3.C6H13N/c9-5-6-1-3-7(4-2-6)8(10)11;7-6-4-2-1-3-5-6/h1-5H,(H,10,11);6H,1-5,7H2. The molecule has 2 rings (SSSR count). The van der Waals surface area contributed by atoms with E-state index in [1.807, 2.05) is 0 Å². The third-order valence-corrected chi connectivity index (χ3v) is 2.94. The minimum absolute atomic E-state index is 0.190. The molecule has 1 aliphatic carbocycles. The Bertz CT molecular complexity index is 381. The highest BCUT2D eigenvalue weighted by atomic mass is 16.4. The molecule has 3 N–H and O–H groups in total. The van der Waals surface area contributed by atoms with Gasteiger partial charge in [0.15, 0.2) is 0 Å². The van der Waals surface area contributed by atoms with Gasteiger partial charge in [-0.3, -0.25) is 4.79 Å². The number of benzene rings is 1. The van der Waals surface area contributed by atoms with E-state index in [9.17, 15) is 9.59 Å². The maximum Gasteiger partial charge on any atom is 0.335 e. The number of carboxylic acids is 1. The Balaban J connectivity index is 0.000000199. The fraction of sp³-hybridized carbons (Fsp3) is 0.429. The van der Waals surface area contributed by atoms with E-state index in [1.165, 1.54) is 56.4 Å². The van der Waals surface area contributed by atoms with E-state index in [1.54, 1.807) is 0 Å². The first-order chi connectivity index (χ1) is 8.63. The number of aromatic carboxylic acids is 1. The number of hydrogen-bond donors (Lipinski definition) is 2. The van der Waals surface area contributed by atoms with E-state index < -0.39 is 5.97 Å². The minimum Gasteiger partial charge on any atom is -0.478 e. The van der Waals surface area contributed by atoms with Crippen molar-refractivity contribution in [1.82, 2.24) is 0 Å². The minimum atomic E-state index is -0.984. The second-order valence-corrected chi connectivity index (χ2v) is 4.44. The zero-order chi connectivity index (χ0) is 13.4. The molecule has 1 saturated carbocycles. The number of hydrogen-bond acceptors (Lipinski definition) is 3. The Morgan fingerprint density at radius 2 is 1.72 bits per heavy atom. The fourth-order valence-electron chi connectivity index (χ4n) is 1.84. The second kappa shape index (κ2) is 7.61. The maximum absolute atomic E-state index is 10.3. The predicted octanol–water partition coefficient (Wildman–Crippen LogP) is 2.48. The fourth-order valence-corrected chi connectivity index (χ4v) is 1.84. The summed E-state index contributed by atoms with van der Waals surface area (Å²) in [5.74, 6) is -0.984. The molecule has 1 aliphatic rings. The molecule has 1 aromatic carbocycles. The summed E-state index contributed by atoms with van der Waals surface area (Å²) < 4.78 is 0. The molecular weight excluding hydrogens is 230 g/mol. The van der Waals surface area contributed by atoms with E-state index in [0.29, 0.717) is 17.9 Å². The third kappa shape index (κ3) is 5.10. The zero-order valence-corrected chi connectivity index (χ0v) is 10.3. The van der Waals surface area contributed by atoms with Crippen LogP contribution in [0.1, 0.15) is 52.8 Å². The van der Waals surface area contributed by atoms with E-state index in [0.717, 1.165) is 0 Å². The molecule has 4 nitrogen and oxygen atoms in total. The third-order valence-electron chi connectivity index (χ3n) is 2.94. The summed E-state index contributed by atoms with van der Waals surface area (Å²) >= 11 is 0. The van der Waals surface area contributed by atoms with Gasteiger partial charge in [-0.05, 0) is 25.0 Å². The monoisotopic (exact) mass is 249 g/mol. The van der Waals surface area contributed by atoms with Gasteiger partial charge in [0.2, 0.25) is 0 Å². The molecule has 0 spiro atoms. The molecular formula is C14H19NO3. The number of carbonyl (C=O) groups is 2. The van der Waals surface area contributed by atoms with Gasteiger partial charge in [0.25, 0.3) is 0 Å². The average molecular weight is 249 g/mol. The lowest BCUT2D eigenvalue weighted by Crippen LogP contribution is -2.22. The number of carbonyl (C=O) groups excluding carboxylic acids is 1. The first kappa shape index (κ1) is 14.4. The van der Waals surface area contributed by atoms with Gasteiger partial charge in [-0.1, -0.05) is 31.4 Å². The van der Waals surface area contributed by atoms with Crippen molar-refractivity contribution in [3.63, 3.8) is 0 Å². The van der Waals surface area contributed by atoms with Crippen molar-refractivity contribution in [2.24, 2.45) is 5.73 Å². The predicted molar refractivity (Wildman–Crippen MR) is 69.8 cm³/mol. The Labute approximate surface area is 107 Å². The summed E-state index contributed by atoms with van der Waals surface area (Å²) in [6.45, 7) is 0. The van der Waals surface area contributed by atoms with Crippen LogP contribution in [0, 0.1) is 0 Å². The molecule has 0 aliphatic heterocycles. The van der Waals surface area contributed by atoms with Crippen LogP contribution in [0.2, 0.25) is 0 Å². The number of rotatable bonds is 2. The lowest BCUT2D eigenvalue weighted by Gasteiger charge is -2.15. The molecule has 1 aromatic rings. The first-order valence-electron chi connectivity index (χ1n) is 6.17. The lowest BCUT2D eigenvalue weighted by molar-refractivity contribution is 0.0696. The quantitative estimate of drug-likeness (QED) is 0.789. The zero-order valence-electron chi connectivity index (χ0n) is 10.3. The van der Waals surface area contributed by atoms with Crippen LogP contribution in [0.3, 0.4) is 0 Å². The highest BCUT2D eigenvalue weighted by molar-refractivity contribution is 5.88. The molecule has 0 aromatic heterocycles. The Hall–Kier alpha value is -1.68. The van der Waals surface area contributed by atoms with Crippen LogP contribution >= 0.6 is 0 Å². The van der Waals surface area contributed by atoms with Gasteiger partial charge >= 0.3 is 5.97 Å². The van der Waals surface area contributed by atoms with Gasteiger partial charge in [0.05, 0.1) is 5.56 Å². The number of carboxylic acid groups (broad SMARTS) is 1. The summed E-state index contributed by atoms with van der Waals surface area (Å²) in [5, 5.41) is 8.46. The molecule has 0 bridgehead atoms. The molecule has 0 heterocycles. The summed E-state index contributed by atoms with van der Waals surface area (Å²) in [5.41, 5.74) is 6.31. The summed E-state index contributed by atoms with van der Waals surface area (Å²) in [6, 6.07) is 6.26. The Kier molecular flexibility index (Phi) is 6.08. The average Bonchev–Trinajstić information content (AvgIpc) is 2.40. The van der Waals surface area contributed by atoms with Crippen molar-refractivity contribution in [1.29, 1.82) is 0 Å². The largest absolute Gasteiger partial charge is 0.478 e. The molecule has 0 atom stereocenters. The van der Waals surface area contributed by atoms with Gasteiger partial charge < -0.3 is 10.8 Å². The van der Waals surface area contributed by atoms with E-state index in [2.05, 4.69) is 0 Å². The SMILES string of the molecule is NC1CCCCC1.O=Cc1ccc(C(=O)O)cc1. The first-order valence-corrected chi connectivity index (χ1v) is 6.17. The van der Waals surface area contributed by atoms with Gasteiger partial charge in [-0.15, -0.1) is 0 Å². The second-order valence-electron chi connectivity index (χ2n) is 4.44. The highest BCUT2D eigenvalue weighted by Crippen LogP contribution is 2.14. The normalized spacial score (nSPS) is 15.4. The van der Waals surface area contributed by atoms with Crippen molar-refractivity contribution in [3.8, 4) is 0 Å². The van der Waals surface area contributed by atoms with Crippen molar-refractivity contribution in [2.75, 3.05) is 0 Å². The maximum atomic E-state index is 10.3. The Morgan fingerprint density at radius 3 is 2.06 bits per heavy atom. The van der Waals surface area contributed by atoms with Crippen molar-refractivity contribution < 1.29 is 14.7 Å². The summed E-state index contributed by atoms with van der Waals surface area (Å²) in [6.07, 6.45) is 7.33. The van der Waals surface area contributed by atoms with Crippen LogP contribution in [0.4, 0.5) is 0 Å². The van der Waals surface area contributed by atoms with Crippen LogP contribution in [-0.4, -0.2) is 23.4 Å². The van der Waals surface area contributed by atoms with Crippen molar-refractivity contribution in [3.05, 3.63) is 35.4 Å². The van der Waals surface area contributed by atoms with Gasteiger partial charge in [-0.25, -0.2) is 4.79 Å². The topological polar surface area (TPSA) is 80.4 Å². The van der Waals surface area contributed by atoms with Crippen LogP contribution < -0.4 is 5.73 Å². The molecule has 98 valence electrons. The van der Waals surface area contributed by atoms with E-state index in [4.69, 9.17) is 10.8 Å².